The normalized spacial score (nSPS) is 13.6. The number of carbonyl (C=O) groups excluding carboxylic acids is 3. The Morgan fingerprint density at radius 2 is 1.71 bits per heavy atom. The van der Waals surface area contributed by atoms with E-state index < -0.39 is 29.3 Å². The monoisotopic (exact) mass is 475 g/mol. The summed E-state index contributed by atoms with van der Waals surface area (Å²) in [6, 6.07) is 5.97. The van der Waals surface area contributed by atoms with Gasteiger partial charge in [-0.05, 0) is 66.9 Å². The molecule has 0 aromatic heterocycles. The standard InChI is InChI=1S/C27H45N3O4/c1-10-12-13-17-28-23(31)22(21-16-14-15-19(3)18-21)30(27(8,9)11-2)24(32)20(4)29-25(33)34-26(5,6)7/h14-16,18,20,22H,10-13,17H2,1-9H3,(H,28,31)(H,29,33). The van der Waals surface area contributed by atoms with Crippen LogP contribution in [0.15, 0.2) is 24.3 Å². The van der Waals surface area contributed by atoms with Gasteiger partial charge in [0, 0.05) is 12.1 Å². The van der Waals surface area contributed by atoms with Gasteiger partial charge in [0.2, 0.25) is 11.8 Å². The summed E-state index contributed by atoms with van der Waals surface area (Å²) in [5.41, 5.74) is 0.420. The van der Waals surface area contributed by atoms with Gasteiger partial charge in [-0.3, -0.25) is 9.59 Å². The van der Waals surface area contributed by atoms with Crippen molar-refractivity contribution in [3.63, 3.8) is 0 Å². The molecule has 0 fully saturated rings. The molecule has 0 saturated heterocycles. The number of benzene rings is 1. The summed E-state index contributed by atoms with van der Waals surface area (Å²) in [4.78, 5) is 41.3. The predicted molar refractivity (Wildman–Crippen MR) is 137 cm³/mol. The molecule has 2 N–H and O–H groups in total. The molecule has 0 aliphatic rings. The lowest BCUT2D eigenvalue weighted by Crippen LogP contribution is -2.58. The second kappa shape index (κ2) is 12.8. The van der Waals surface area contributed by atoms with Crippen molar-refractivity contribution in [2.45, 2.75) is 111 Å². The van der Waals surface area contributed by atoms with Gasteiger partial charge in [-0.15, -0.1) is 0 Å². The molecule has 34 heavy (non-hydrogen) atoms. The van der Waals surface area contributed by atoms with E-state index in [1.165, 1.54) is 0 Å². The molecule has 1 rings (SSSR count). The fraction of sp³-hybridized carbons (Fsp3) is 0.667. The highest BCUT2D eigenvalue weighted by atomic mass is 16.6. The molecule has 3 amide bonds. The Labute approximate surface area is 206 Å². The van der Waals surface area contributed by atoms with Crippen molar-refractivity contribution in [3.8, 4) is 0 Å². The number of unbranched alkanes of at least 4 members (excludes halogenated alkanes) is 2. The third-order valence-electron chi connectivity index (χ3n) is 5.80. The van der Waals surface area contributed by atoms with Crippen molar-refractivity contribution >= 4 is 17.9 Å². The maximum absolute atomic E-state index is 13.8. The Balaban J connectivity index is 3.38. The fourth-order valence-corrected chi connectivity index (χ4v) is 3.64. The number of hydrogen-bond acceptors (Lipinski definition) is 4. The van der Waals surface area contributed by atoms with Gasteiger partial charge in [-0.25, -0.2) is 4.79 Å². The number of rotatable bonds is 11. The lowest BCUT2D eigenvalue weighted by molar-refractivity contribution is -0.149. The first-order chi connectivity index (χ1) is 15.7. The molecular weight excluding hydrogens is 430 g/mol. The van der Waals surface area contributed by atoms with Gasteiger partial charge >= 0.3 is 6.09 Å². The predicted octanol–water partition coefficient (Wildman–Crippen LogP) is 5.27. The Morgan fingerprint density at radius 3 is 2.24 bits per heavy atom. The minimum absolute atomic E-state index is 0.221. The summed E-state index contributed by atoms with van der Waals surface area (Å²) in [5.74, 6) is -0.561. The maximum Gasteiger partial charge on any atom is 0.408 e. The Kier molecular flexibility index (Phi) is 11.1. The lowest BCUT2D eigenvalue weighted by Gasteiger charge is -2.44. The van der Waals surface area contributed by atoms with Crippen molar-refractivity contribution in [2.75, 3.05) is 6.54 Å². The molecule has 0 heterocycles. The van der Waals surface area contributed by atoms with Crippen LogP contribution < -0.4 is 10.6 Å². The average molecular weight is 476 g/mol. The van der Waals surface area contributed by atoms with Crippen LogP contribution >= 0.6 is 0 Å². The largest absolute Gasteiger partial charge is 0.444 e. The zero-order chi connectivity index (χ0) is 26.1. The van der Waals surface area contributed by atoms with Gasteiger partial charge in [-0.2, -0.15) is 0 Å². The van der Waals surface area contributed by atoms with Crippen molar-refractivity contribution in [2.24, 2.45) is 0 Å². The van der Waals surface area contributed by atoms with Crippen LogP contribution in [0.1, 0.15) is 98.2 Å². The molecule has 0 spiro atoms. The van der Waals surface area contributed by atoms with E-state index in [0.717, 1.165) is 30.4 Å². The molecule has 0 aliphatic carbocycles. The molecule has 1 aromatic rings. The van der Waals surface area contributed by atoms with Crippen LogP contribution in [0.25, 0.3) is 0 Å². The summed E-state index contributed by atoms with van der Waals surface area (Å²) < 4.78 is 5.33. The average Bonchev–Trinajstić information content (AvgIpc) is 2.72. The highest BCUT2D eigenvalue weighted by molar-refractivity contribution is 5.92. The van der Waals surface area contributed by atoms with Crippen LogP contribution in [-0.2, 0) is 14.3 Å². The van der Waals surface area contributed by atoms with E-state index in [-0.39, 0.29) is 11.8 Å². The van der Waals surface area contributed by atoms with Crippen molar-refractivity contribution in [1.29, 1.82) is 0 Å². The van der Waals surface area contributed by atoms with Crippen LogP contribution in [-0.4, -0.2) is 46.5 Å². The van der Waals surface area contributed by atoms with Crippen molar-refractivity contribution in [3.05, 3.63) is 35.4 Å². The van der Waals surface area contributed by atoms with Gasteiger partial charge < -0.3 is 20.3 Å². The topological polar surface area (TPSA) is 87.7 Å². The highest BCUT2D eigenvalue weighted by Gasteiger charge is 2.42. The Hall–Kier alpha value is -2.57. The molecule has 2 atom stereocenters. The zero-order valence-electron chi connectivity index (χ0n) is 22.6. The molecule has 0 saturated carbocycles. The maximum atomic E-state index is 13.8. The summed E-state index contributed by atoms with van der Waals surface area (Å²) in [6.07, 6.45) is 2.92. The molecule has 192 valence electrons. The van der Waals surface area contributed by atoms with Crippen LogP contribution in [0.4, 0.5) is 4.79 Å². The van der Waals surface area contributed by atoms with Crippen molar-refractivity contribution < 1.29 is 19.1 Å². The van der Waals surface area contributed by atoms with Gasteiger partial charge in [0.05, 0.1) is 0 Å². The summed E-state index contributed by atoms with van der Waals surface area (Å²) in [6.45, 7) is 17.4. The number of alkyl carbamates (subject to hydrolysis) is 1. The lowest BCUT2D eigenvalue weighted by atomic mass is 9.91. The Bertz CT molecular complexity index is 829. The first-order valence-corrected chi connectivity index (χ1v) is 12.4. The van der Waals surface area contributed by atoms with E-state index in [9.17, 15) is 14.4 Å². The first kappa shape index (κ1) is 29.5. The smallest absolute Gasteiger partial charge is 0.408 e. The molecule has 2 unspecified atom stereocenters. The molecule has 0 radical (unpaired) electrons. The first-order valence-electron chi connectivity index (χ1n) is 12.4. The third-order valence-corrected chi connectivity index (χ3v) is 5.80. The number of nitrogens with one attached hydrogen (secondary N) is 2. The summed E-state index contributed by atoms with van der Waals surface area (Å²) >= 11 is 0. The SMILES string of the molecule is CCCCCNC(=O)C(c1cccc(C)c1)N(C(=O)C(C)NC(=O)OC(C)(C)C)C(C)(C)CC. The van der Waals surface area contributed by atoms with E-state index in [4.69, 9.17) is 4.74 Å². The Morgan fingerprint density at radius 1 is 1.06 bits per heavy atom. The fourth-order valence-electron chi connectivity index (χ4n) is 3.64. The molecule has 0 aliphatic heterocycles. The van der Waals surface area contributed by atoms with E-state index >= 15 is 0 Å². The molecule has 7 nitrogen and oxygen atoms in total. The van der Waals surface area contributed by atoms with Gasteiger partial charge in [-0.1, -0.05) is 56.5 Å². The van der Waals surface area contributed by atoms with Crippen LogP contribution in [0.5, 0.6) is 0 Å². The van der Waals surface area contributed by atoms with E-state index in [1.54, 1.807) is 32.6 Å². The number of amides is 3. The van der Waals surface area contributed by atoms with Crippen LogP contribution in [0.3, 0.4) is 0 Å². The van der Waals surface area contributed by atoms with E-state index in [2.05, 4.69) is 17.6 Å². The third kappa shape index (κ3) is 8.99. The summed E-state index contributed by atoms with van der Waals surface area (Å²) in [7, 11) is 0. The van der Waals surface area contributed by atoms with Gasteiger partial charge in [0.25, 0.3) is 0 Å². The molecule has 1 aromatic carbocycles. The van der Waals surface area contributed by atoms with E-state index in [1.807, 2.05) is 52.0 Å². The summed E-state index contributed by atoms with van der Waals surface area (Å²) in [5, 5.41) is 5.68. The van der Waals surface area contributed by atoms with Gasteiger partial charge in [0.15, 0.2) is 0 Å². The van der Waals surface area contributed by atoms with Crippen LogP contribution in [0, 0.1) is 6.92 Å². The molecule has 7 heteroatoms. The number of aryl methyl sites for hydroxylation is 1. The van der Waals surface area contributed by atoms with Gasteiger partial charge in [0.1, 0.15) is 17.7 Å². The number of hydrogen-bond donors (Lipinski definition) is 2. The minimum Gasteiger partial charge on any atom is -0.444 e. The molecule has 0 bridgehead atoms. The second-order valence-electron chi connectivity index (χ2n) is 10.6. The van der Waals surface area contributed by atoms with Crippen molar-refractivity contribution in [1.82, 2.24) is 15.5 Å². The zero-order valence-corrected chi connectivity index (χ0v) is 22.6. The number of ether oxygens (including phenoxy) is 1. The number of carbonyl (C=O) groups is 3. The van der Waals surface area contributed by atoms with E-state index in [0.29, 0.717) is 13.0 Å². The highest BCUT2D eigenvalue weighted by Crippen LogP contribution is 2.32. The molecular formula is C27H45N3O4. The number of nitrogens with zero attached hydrogens (tertiary/aromatic N) is 1. The minimum atomic E-state index is -0.874. The van der Waals surface area contributed by atoms with Crippen LogP contribution in [0.2, 0.25) is 0 Å². The quantitative estimate of drug-likeness (QED) is 0.427. The second-order valence-corrected chi connectivity index (χ2v) is 10.6.